The van der Waals surface area contributed by atoms with Gasteiger partial charge in [0, 0.05) is 40.1 Å². The number of carbonyl (C=O) groups excluding carboxylic acids is 3. The Labute approximate surface area is 290 Å². The fraction of sp³-hybridized carbons (Fsp3) is 0.432. The molecule has 5 atom stereocenters. The number of rotatable bonds is 7. The lowest BCUT2D eigenvalue weighted by Gasteiger charge is -2.33. The van der Waals surface area contributed by atoms with E-state index >= 15 is 0 Å². The highest BCUT2D eigenvalue weighted by atomic mass is 79.9. The molecule has 9 nitrogen and oxygen atoms in total. The zero-order valence-corrected chi connectivity index (χ0v) is 30.2. The first-order chi connectivity index (χ1) is 22.9. The number of aliphatic hydroxyl groups is 1. The van der Waals surface area contributed by atoms with Crippen LogP contribution in [0.1, 0.15) is 49.3 Å². The molecule has 0 bridgehead atoms. The Morgan fingerprint density at radius 3 is 2.52 bits per heavy atom. The van der Waals surface area contributed by atoms with Crippen molar-refractivity contribution >= 4 is 59.0 Å². The van der Waals surface area contributed by atoms with Crippen LogP contribution in [0, 0.1) is 5.92 Å². The van der Waals surface area contributed by atoms with Gasteiger partial charge in [0.05, 0.1) is 43.1 Å². The molecule has 252 valence electrons. The van der Waals surface area contributed by atoms with Crippen molar-refractivity contribution in [1.82, 2.24) is 4.90 Å². The molecule has 3 amide bonds. The zero-order chi connectivity index (χ0) is 34.0. The molecule has 11 heteroatoms. The van der Waals surface area contributed by atoms with Crippen LogP contribution < -0.4 is 9.80 Å². The van der Waals surface area contributed by atoms with E-state index in [9.17, 15) is 24.3 Å². The SMILES string of the molecule is C[C@H]1[C@H]([Si](C)(C)O)[C@@H](CC(=O)N2CCC[C@H]2CO)O[C@]12C(=O)N(Cc1ccc(N3C(=O)CCc4ccccc43)cc1)c1ccc(Br)cc12. The molecule has 4 aliphatic rings. The summed E-state index contributed by atoms with van der Waals surface area (Å²) in [5, 5.41) is 9.86. The van der Waals surface area contributed by atoms with Crippen LogP contribution in [0.15, 0.2) is 71.2 Å². The van der Waals surface area contributed by atoms with E-state index < -0.39 is 25.9 Å². The summed E-state index contributed by atoms with van der Waals surface area (Å²) in [5.74, 6) is -0.664. The Kier molecular flexibility index (Phi) is 8.64. The molecule has 2 N–H and O–H groups in total. The van der Waals surface area contributed by atoms with Crippen molar-refractivity contribution in [3.63, 3.8) is 0 Å². The van der Waals surface area contributed by atoms with Gasteiger partial charge in [0.1, 0.15) is 0 Å². The molecule has 3 aromatic carbocycles. The number of aliphatic hydroxyl groups excluding tert-OH is 1. The molecule has 0 unspecified atom stereocenters. The molecule has 7 rings (SSSR count). The van der Waals surface area contributed by atoms with Gasteiger partial charge < -0.3 is 24.4 Å². The average Bonchev–Trinajstić information content (AvgIpc) is 3.72. The summed E-state index contributed by atoms with van der Waals surface area (Å²) in [7, 11) is -2.95. The van der Waals surface area contributed by atoms with E-state index in [0.717, 1.165) is 57.5 Å². The second-order valence-corrected chi connectivity index (χ2v) is 19.1. The summed E-state index contributed by atoms with van der Waals surface area (Å²) in [6, 6.07) is 21.3. The second-order valence-electron chi connectivity index (χ2n) is 14.2. The molecule has 0 aromatic heterocycles. The molecule has 4 heterocycles. The fourth-order valence-electron chi connectivity index (χ4n) is 8.69. The topological polar surface area (TPSA) is 111 Å². The van der Waals surface area contributed by atoms with Gasteiger partial charge in [-0.25, -0.2) is 0 Å². The molecule has 2 saturated heterocycles. The number of nitrogens with zero attached hydrogens (tertiary/aromatic N) is 3. The van der Waals surface area contributed by atoms with Crippen molar-refractivity contribution in [2.24, 2.45) is 5.92 Å². The first-order valence-electron chi connectivity index (χ1n) is 16.9. The number of carbonyl (C=O) groups is 3. The van der Waals surface area contributed by atoms with E-state index in [0.29, 0.717) is 13.0 Å². The summed E-state index contributed by atoms with van der Waals surface area (Å²) in [6.45, 7) is 6.47. The Morgan fingerprint density at radius 2 is 1.79 bits per heavy atom. The minimum atomic E-state index is -2.95. The van der Waals surface area contributed by atoms with E-state index in [-0.39, 0.29) is 48.9 Å². The maximum atomic E-state index is 14.8. The first kappa shape index (κ1) is 33.2. The molecule has 1 spiro atoms. The van der Waals surface area contributed by atoms with Crippen LogP contribution in [0.5, 0.6) is 0 Å². The third-order valence-electron chi connectivity index (χ3n) is 10.9. The van der Waals surface area contributed by atoms with Crippen molar-refractivity contribution < 1.29 is 29.0 Å². The number of hydrogen-bond acceptors (Lipinski definition) is 6. The highest BCUT2D eigenvalue weighted by Gasteiger charge is 2.66. The Balaban J connectivity index is 1.20. The highest BCUT2D eigenvalue weighted by Crippen LogP contribution is 2.60. The van der Waals surface area contributed by atoms with Gasteiger partial charge in [-0.3, -0.25) is 19.3 Å². The number of fused-ring (bicyclic) bond motifs is 3. The average molecular weight is 733 g/mol. The number of halogens is 1. The Hall–Kier alpha value is -3.35. The summed E-state index contributed by atoms with van der Waals surface area (Å²) in [6.07, 6.45) is 2.17. The number of para-hydroxylation sites is 1. The number of ether oxygens (including phenoxy) is 1. The molecule has 0 saturated carbocycles. The van der Waals surface area contributed by atoms with Crippen molar-refractivity contribution in [1.29, 1.82) is 0 Å². The monoisotopic (exact) mass is 731 g/mol. The van der Waals surface area contributed by atoms with E-state index in [1.54, 1.807) is 14.7 Å². The second kappa shape index (κ2) is 12.5. The lowest BCUT2D eigenvalue weighted by Crippen LogP contribution is -2.46. The van der Waals surface area contributed by atoms with Crippen molar-refractivity contribution in [2.75, 3.05) is 23.0 Å². The molecule has 0 aliphatic carbocycles. The lowest BCUT2D eigenvalue weighted by molar-refractivity contribution is -0.150. The van der Waals surface area contributed by atoms with Gasteiger partial charge in [0.15, 0.2) is 13.9 Å². The van der Waals surface area contributed by atoms with Gasteiger partial charge in [-0.15, -0.1) is 0 Å². The molecular formula is C37H42BrN3O6Si. The molecule has 0 radical (unpaired) electrons. The summed E-state index contributed by atoms with van der Waals surface area (Å²) >= 11 is 3.61. The normalized spacial score (nSPS) is 26.8. The smallest absolute Gasteiger partial charge is 0.264 e. The van der Waals surface area contributed by atoms with Crippen LogP contribution in [-0.4, -0.2) is 66.1 Å². The van der Waals surface area contributed by atoms with E-state index in [1.165, 1.54) is 0 Å². The predicted molar refractivity (Wildman–Crippen MR) is 189 cm³/mol. The summed E-state index contributed by atoms with van der Waals surface area (Å²) < 4.78 is 7.68. The summed E-state index contributed by atoms with van der Waals surface area (Å²) in [4.78, 5) is 58.3. The molecule has 4 aliphatic heterocycles. The number of anilines is 3. The van der Waals surface area contributed by atoms with Gasteiger partial charge in [-0.1, -0.05) is 53.2 Å². The van der Waals surface area contributed by atoms with Crippen molar-refractivity contribution in [3.8, 4) is 0 Å². The number of likely N-dealkylation sites (tertiary alicyclic amines) is 1. The zero-order valence-electron chi connectivity index (χ0n) is 27.6. The van der Waals surface area contributed by atoms with Gasteiger partial charge in [-0.2, -0.15) is 0 Å². The molecule has 3 aromatic rings. The quantitative estimate of drug-likeness (QED) is 0.299. The first-order valence-corrected chi connectivity index (χ1v) is 20.7. The third-order valence-corrected chi connectivity index (χ3v) is 13.9. The number of aryl methyl sites for hydroxylation is 1. The third kappa shape index (κ3) is 5.44. The standard InChI is InChI=1S/C37H42BrN3O6Si/c1-23-35(48(2,3)46)32(20-34(44)39-18-6-8-28(39)22-42)47-37(23)29-19-26(38)13-16-31(29)40(36(37)45)21-24-10-14-27(15-11-24)41-30-9-5-4-7-25(30)12-17-33(41)43/h4-5,7,9-11,13-16,19,23,28,32,35,42,46H,6,8,12,17-18,20-22H2,1-3H3/t23-,28-,32+,35-,37+/m0/s1. The highest BCUT2D eigenvalue weighted by molar-refractivity contribution is 9.10. The minimum Gasteiger partial charge on any atom is -0.432 e. The van der Waals surface area contributed by atoms with Gasteiger partial charge in [0.2, 0.25) is 11.8 Å². The van der Waals surface area contributed by atoms with Crippen LogP contribution >= 0.6 is 15.9 Å². The summed E-state index contributed by atoms with van der Waals surface area (Å²) in [5.41, 5.74) is 3.44. The van der Waals surface area contributed by atoms with E-state index in [2.05, 4.69) is 22.0 Å². The van der Waals surface area contributed by atoms with Gasteiger partial charge in [0.25, 0.3) is 5.91 Å². The predicted octanol–water partition coefficient (Wildman–Crippen LogP) is 5.78. The maximum absolute atomic E-state index is 14.8. The Morgan fingerprint density at radius 1 is 1.04 bits per heavy atom. The molecule has 48 heavy (non-hydrogen) atoms. The van der Waals surface area contributed by atoms with Crippen LogP contribution in [0.25, 0.3) is 0 Å². The molecule has 2 fully saturated rings. The van der Waals surface area contributed by atoms with Crippen LogP contribution in [0.3, 0.4) is 0 Å². The van der Waals surface area contributed by atoms with Crippen molar-refractivity contribution in [2.45, 2.75) is 82.0 Å². The number of benzene rings is 3. The lowest BCUT2D eigenvalue weighted by atomic mass is 9.82. The number of amides is 3. The van der Waals surface area contributed by atoms with Gasteiger partial charge in [-0.05, 0) is 79.9 Å². The van der Waals surface area contributed by atoms with Crippen LogP contribution in [-0.2, 0) is 37.7 Å². The molecular weight excluding hydrogens is 690 g/mol. The van der Waals surface area contributed by atoms with Crippen molar-refractivity contribution in [3.05, 3.63) is 87.9 Å². The fourth-order valence-corrected chi connectivity index (χ4v) is 11.6. The Bertz CT molecular complexity index is 1760. The minimum absolute atomic E-state index is 0.0423. The largest absolute Gasteiger partial charge is 0.432 e. The maximum Gasteiger partial charge on any atom is 0.264 e. The van der Waals surface area contributed by atoms with Gasteiger partial charge >= 0.3 is 0 Å². The number of hydrogen-bond donors (Lipinski definition) is 2. The van der Waals surface area contributed by atoms with Crippen LogP contribution in [0.4, 0.5) is 17.1 Å². The van der Waals surface area contributed by atoms with E-state index in [4.69, 9.17) is 4.74 Å². The van der Waals surface area contributed by atoms with E-state index in [1.807, 2.05) is 80.7 Å². The van der Waals surface area contributed by atoms with Crippen LogP contribution in [0.2, 0.25) is 18.6 Å².